The lowest BCUT2D eigenvalue weighted by molar-refractivity contribution is 0.282. The molecular formula is C10H9IN2O. The van der Waals surface area contributed by atoms with Crippen LogP contribution < -0.4 is 0 Å². The third-order valence-corrected chi connectivity index (χ3v) is 2.49. The van der Waals surface area contributed by atoms with Crippen LogP contribution in [0.3, 0.4) is 0 Å². The van der Waals surface area contributed by atoms with E-state index >= 15 is 0 Å². The van der Waals surface area contributed by atoms with E-state index in [2.05, 4.69) is 27.7 Å². The van der Waals surface area contributed by atoms with Crippen LogP contribution >= 0.6 is 22.6 Å². The average molecular weight is 300 g/mol. The van der Waals surface area contributed by atoms with Gasteiger partial charge in [-0.1, -0.05) is 12.1 Å². The van der Waals surface area contributed by atoms with E-state index in [0.717, 1.165) is 14.8 Å². The lowest BCUT2D eigenvalue weighted by Gasteiger charge is -2.01. The third kappa shape index (κ3) is 1.96. The molecular weight excluding hydrogens is 291 g/mol. The second-order valence-corrected chi connectivity index (χ2v) is 4.17. The van der Waals surface area contributed by atoms with E-state index in [1.807, 2.05) is 35.1 Å². The van der Waals surface area contributed by atoms with Gasteiger partial charge in [0.2, 0.25) is 0 Å². The van der Waals surface area contributed by atoms with Crippen LogP contribution in [0.15, 0.2) is 36.7 Å². The quantitative estimate of drug-likeness (QED) is 0.861. The van der Waals surface area contributed by atoms with Gasteiger partial charge >= 0.3 is 0 Å². The van der Waals surface area contributed by atoms with Crippen molar-refractivity contribution in [3.63, 3.8) is 0 Å². The topological polar surface area (TPSA) is 38.0 Å². The van der Waals surface area contributed by atoms with Gasteiger partial charge in [-0.05, 0) is 40.3 Å². The molecule has 3 nitrogen and oxygen atoms in total. The zero-order valence-electron chi connectivity index (χ0n) is 7.39. The minimum Gasteiger partial charge on any atom is -0.392 e. The molecule has 2 aromatic rings. The Labute approximate surface area is 95.5 Å². The standard InChI is InChI=1S/C10H9IN2O/c11-9-5-12-13(6-9)10-3-1-8(7-14)2-4-10/h1-6,14H,7H2. The lowest BCUT2D eigenvalue weighted by atomic mass is 10.2. The summed E-state index contributed by atoms with van der Waals surface area (Å²) >= 11 is 2.22. The van der Waals surface area contributed by atoms with Crippen molar-refractivity contribution in [3.8, 4) is 5.69 Å². The van der Waals surface area contributed by atoms with Crippen molar-refractivity contribution in [1.82, 2.24) is 9.78 Å². The van der Waals surface area contributed by atoms with E-state index in [-0.39, 0.29) is 6.61 Å². The number of aliphatic hydroxyl groups excluding tert-OH is 1. The fourth-order valence-electron chi connectivity index (χ4n) is 1.20. The highest BCUT2D eigenvalue weighted by Crippen LogP contribution is 2.11. The molecule has 0 radical (unpaired) electrons. The first kappa shape index (κ1) is 9.67. The first-order valence-corrected chi connectivity index (χ1v) is 5.28. The second-order valence-electron chi connectivity index (χ2n) is 2.93. The van der Waals surface area contributed by atoms with Gasteiger partial charge in [0.05, 0.1) is 22.1 Å². The van der Waals surface area contributed by atoms with Crippen molar-refractivity contribution < 1.29 is 5.11 Å². The van der Waals surface area contributed by atoms with Crippen LogP contribution in [-0.4, -0.2) is 14.9 Å². The summed E-state index contributed by atoms with van der Waals surface area (Å²) < 4.78 is 2.91. The first-order chi connectivity index (χ1) is 6.79. The van der Waals surface area contributed by atoms with E-state index < -0.39 is 0 Å². The lowest BCUT2D eigenvalue weighted by Crippen LogP contribution is -1.94. The highest BCUT2D eigenvalue weighted by molar-refractivity contribution is 14.1. The van der Waals surface area contributed by atoms with E-state index in [1.165, 1.54) is 0 Å². The molecule has 0 fully saturated rings. The van der Waals surface area contributed by atoms with Crippen LogP contribution in [0.4, 0.5) is 0 Å². The summed E-state index contributed by atoms with van der Waals surface area (Å²) in [5.41, 5.74) is 1.92. The highest BCUT2D eigenvalue weighted by Gasteiger charge is 1.98. The molecule has 0 spiro atoms. The van der Waals surface area contributed by atoms with Crippen LogP contribution in [0.2, 0.25) is 0 Å². The number of aliphatic hydroxyl groups is 1. The molecule has 0 saturated heterocycles. The maximum Gasteiger partial charge on any atom is 0.0681 e. The minimum absolute atomic E-state index is 0.0803. The predicted octanol–water partition coefficient (Wildman–Crippen LogP) is 1.97. The zero-order chi connectivity index (χ0) is 9.97. The molecule has 4 heteroatoms. The average Bonchev–Trinajstić information content (AvgIpc) is 2.65. The SMILES string of the molecule is OCc1ccc(-n2cc(I)cn2)cc1. The van der Waals surface area contributed by atoms with E-state index in [1.54, 1.807) is 6.20 Å². The summed E-state index contributed by atoms with van der Waals surface area (Å²) in [6, 6.07) is 7.66. The number of hydrogen-bond donors (Lipinski definition) is 1. The Kier molecular flexibility index (Phi) is 2.83. The predicted molar refractivity (Wildman–Crippen MR) is 62.2 cm³/mol. The summed E-state index contributed by atoms with van der Waals surface area (Å²) in [5, 5.41) is 13.1. The van der Waals surface area contributed by atoms with Crippen molar-refractivity contribution >= 4 is 22.6 Å². The van der Waals surface area contributed by atoms with Crippen molar-refractivity contribution in [2.24, 2.45) is 0 Å². The second kappa shape index (κ2) is 4.10. The van der Waals surface area contributed by atoms with E-state index in [4.69, 9.17) is 5.11 Å². The van der Waals surface area contributed by atoms with Gasteiger partial charge < -0.3 is 5.11 Å². The summed E-state index contributed by atoms with van der Waals surface area (Å²) in [5.74, 6) is 0. The van der Waals surface area contributed by atoms with Crippen LogP contribution in [0.1, 0.15) is 5.56 Å². The molecule has 1 aromatic heterocycles. The molecule has 72 valence electrons. The Morgan fingerprint density at radius 1 is 1.29 bits per heavy atom. The Balaban J connectivity index is 2.33. The molecule has 0 saturated carbocycles. The molecule has 2 rings (SSSR count). The van der Waals surface area contributed by atoms with Gasteiger partial charge in [-0.3, -0.25) is 0 Å². The van der Waals surface area contributed by atoms with Gasteiger partial charge in [-0.2, -0.15) is 5.10 Å². The molecule has 0 aliphatic carbocycles. The number of aromatic nitrogens is 2. The van der Waals surface area contributed by atoms with Crippen LogP contribution in [-0.2, 0) is 6.61 Å². The molecule has 0 unspecified atom stereocenters. The molecule has 0 atom stereocenters. The fourth-order valence-corrected chi connectivity index (χ4v) is 1.58. The fraction of sp³-hybridized carbons (Fsp3) is 0.100. The van der Waals surface area contributed by atoms with Crippen molar-refractivity contribution in [2.75, 3.05) is 0 Å². The Hall–Kier alpha value is -0.880. The Bertz CT molecular complexity index is 422. The van der Waals surface area contributed by atoms with Gasteiger partial charge in [0, 0.05) is 6.20 Å². The van der Waals surface area contributed by atoms with Gasteiger partial charge in [0.25, 0.3) is 0 Å². The number of hydrogen-bond acceptors (Lipinski definition) is 2. The van der Waals surface area contributed by atoms with Gasteiger partial charge in [0.1, 0.15) is 0 Å². The third-order valence-electron chi connectivity index (χ3n) is 1.93. The molecule has 1 aromatic carbocycles. The van der Waals surface area contributed by atoms with Crippen molar-refractivity contribution in [3.05, 3.63) is 45.8 Å². The van der Waals surface area contributed by atoms with Crippen molar-refractivity contribution in [1.29, 1.82) is 0 Å². The maximum atomic E-state index is 8.88. The number of rotatable bonds is 2. The molecule has 14 heavy (non-hydrogen) atoms. The maximum absolute atomic E-state index is 8.88. The number of halogens is 1. The summed E-state index contributed by atoms with van der Waals surface area (Å²) in [4.78, 5) is 0. The smallest absolute Gasteiger partial charge is 0.0681 e. The normalized spacial score (nSPS) is 10.4. The molecule has 0 amide bonds. The van der Waals surface area contributed by atoms with Crippen LogP contribution in [0.25, 0.3) is 5.69 Å². The first-order valence-electron chi connectivity index (χ1n) is 4.20. The monoisotopic (exact) mass is 300 g/mol. The minimum atomic E-state index is 0.0803. The summed E-state index contributed by atoms with van der Waals surface area (Å²) in [6.45, 7) is 0.0803. The summed E-state index contributed by atoms with van der Waals surface area (Å²) in [6.07, 6.45) is 3.76. The van der Waals surface area contributed by atoms with Crippen LogP contribution in [0, 0.1) is 3.57 Å². The van der Waals surface area contributed by atoms with E-state index in [9.17, 15) is 0 Å². The number of nitrogens with zero attached hydrogens (tertiary/aromatic N) is 2. The molecule has 0 aliphatic rings. The van der Waals surface area contributed by atoms with Gasteiger partial charge in [-0.15, -0.1) is 0 Å². The Morgan fingerprint density at radius 2 is 2.00 bits per heavy atom. The summed E-state index contributed by atoms with van der Waals surface area (Å²) in [7, 11) is 0. The van der Waals surface area contributed by atoms with Gasteiger partial charge in [-0.25, -0.2) is 4.68 Å². The molecule has 0 bridgehead atoms. The largest absolute Gasteiger partial charge is 0.392 e. The number of benzene rings is 1. The van der Waals surface area contributed by atoms with Crippen molar-refractivity contribution in [2.45, 2.75) is 6.61 Å². The molecule has 0 aliphatic heterocycles. The van der Waals surface area contributed by atoms with Gasteiger partial charge in [0.15, 0.2) is 0 Å². The Morgan fingerprint density at radius 3 is 2.50 bits per heavy atom. The molecule has 1 heterocycles. The van der Waals surface area contributed by atoms with E-state index in [0.29, 0.717) is 0 Å². The highest BCUT2D eigenvalue weighted by atomic mass is 127. The van der Waals surface area contributed by atoms with Crippen LogP contribution in [0.5, 0.6) is 0 Å². The zero-order valence-corrected chi connectivity index (χ0v) is 9.55. The molecule has 1 N–H and O–H groups in total.